The lowest BCUT2D eigenvalue weighted by Crippen LogP contribution is -2.05. The first-order valence-corrected chi connectivity index (χ1v) is 4.19. The molecule has 0 fully saturated rings. The Morgan fingerprint density at radius 2 is 1.87 bits per heavy atom. The molecule has 6 heteroatoms. The van der Waals surface area contributed by atoms with Crippen LogP contribution in [0.4, 0.5) is 0 Å². The summed E-state index contributed by atoms with van der Waals surface area (Å²) < 4.78 is 4.36. The number of halogens is 1. The van der Waals surface area contributed by atoms with E-state index in [0.717, 1.165) is 19.2 Å². The van der Waals surface area contributed by atoms with E-state index in [9.17, 15) is 14.7 Å². The number of benzene rings is 1. The van der Waals surface area contributed by atoms with E-state index in [1.54, 1.807) is 0 Å². The largest absolute Gasteiger partial charge is 0.506 e. The standard InChI is InChI=1S/C9H7ClO5/c1-15-9(14)6-3-4(10)2-5(7(6)11)8(12)13/h2-3,11H,1H3,(H,12,13). The predicted molar refractivity (Wildman–Crippen MR) is 51.4 cm³/mol. The van der Waals surface area contributed by atoms with Crippen LogP contribution in [0.2, 0.25) is 5.02 Å². The monoisotopic (exact) mass is 230 g/mol. The molecule has 0 radical (unpaired) electrons. The maximum absolute atomic E-state index is 11.1. The third kappa shape index (κ3) is 2.19. The number of rotatable bonds is 2. The summed E-state index contributed by atoms with van der Waals surface area (Å²) in [6.07, 6.45) is 0. The Hall–Kier alpha value is -1.75. The Balaban J connectivity index is 3.41. The lowest BCUT2D eigenvalue weighted by Gasteiger charge is -2.06. The first kappa shape index (κ1) is 11.3. The fourth-order valence-electron chi connectivity index (χ4n) is 1.03. The second-order valence-electron chi connectivity index (χ2n) is 2.65. The van der Waals surface area contributed by atoms with Crippen LogP contribution < -0.4 is 0 Å². The molecule has 0 aliphatic rings. The molecule has 15 heavy (non-hydrogen) atoms. The van der Waals surface area contributed by atoms with Crippen LogP contribution in [0.5, 0.6) is 5.75 Å². The van der Waals surface area contributed by atoms with Crippen molar-refractivity contribution in [1.29, 1.82) is 0 Å². The van der Waals surface area contributed by atoms with E-state index < -0.39 is 23.3 Å². The van der Waals surface area contributed by atoms with Crippen LogP contribution in [-0.4, -0.2) is 29.3 Å². The van der Waals surface area contributed by atoms with Crippen molar-refractivity contribution in [2.45, 2.75) is 0 Å². The number of carbonyl (C=O) groups is 2. The van der Waals surface area contributed by atoms with Crippen molar-refractivity contribution in [3.05, 3.63) is 28.3 Å². The Labute approximate surface area is 89.9 Å². The van der Waals surface area contributed by atoms with Gasteiger partial charge >= 0.3 is 11.9 Å². The lowest BCUT2D eigenvalue weighted by atomic mass is 10.1. The maximum atomic E-state index is 11.1. The van der Waals surface area contributed by atoms with Gasteiger partial charge in [-0.15, -0.1) is 0 Å². The summed E-state index contributed by atoms with van der Waals surface area (Å²) in [4.78, 5) is 21.8. The summed E-state index contributed by atoms with van der Waals surface area (Å²) >= 11 is 5.58. The minimum Gasteiger partial charge on any atom is -0.506 e. The summed E-state index contributed by atoms with van der Waals surface area (Å²) in [6.45, 7) is 0. The lowest BCUT2D eigenvalue weighted by molar-refractivity contribution is 0.0597. The van der Waals surface area contributed by atoms with Gasteiger partial charge in [0.25, 0.3) is 0 Å². The third-order valence-corrected chi connectivity index (χ3v) is 1.93. The van der Waals surface area contributed by atoms with Gasteiger partial charge in [-0.1, -0.05) is 11.6 Å². The fraction of sp³-hybridized carbons (Fsp3) is 0.111. The number of phenols is 1. The molecular weight excluding hydrogens is 224 g/mol. The van der Waals surface area contributed by atoms with Crippen LogP contribution in [-0.2, 0) is 4.74 Å². The Morgan fingerprint density at radius 1 is 1.33 bits per heavy atom. The molecule has 1 rings (SSSR count). The number of aromatic carboxylic acids is 1. The van der Waals surface area contributed by atoms with E-state index >= 15 is 0 Å². The molecular formula is C9H7ClO5. The van der Waals surface area contributed by atoms with E-state index in [4.69, 9.17) is 16.7 Å². The van der Waals surface area contributed by atoms with E-state index in [-0.39, 0.29) is 10.6 Å². The summed E-state index contributed by atoms with van der Waals surface area (Å²) in [7, 11) is 1.11. The molecule has 80 valence electrons. The van der Waals surface area contributed by atoms with Crippen molar-refractivity contribution in [2.75, 3.05) is 7.11 Å². The maximum Gasteiger partial charge on any atom is 0.341 e. The van der Waals surface area contributed by atoms with Gasteiger partial charge in [0.15, 0.2) is 0 Å². The molecule has 0 aliphatic carbocycles. The Morgan fingerprint density at radius 3 is 2.33 bits per heavy atom. The zero-order valence-electron chi connectivity index (χ0n) is 7.65. The fourth-order valence-corrected chi connectivity index (χ4v) is 1.25. The van der Waals surface area contributed by atoms with Crippen molar-refractivity contribution in [3.63, 3.8) is 0 Å². The average Bonchev–Trinajstić information content (AvgIpc) is 2.19. The normalized spacial score (nSPS) is 9.73. The van der Waals surface area contributed by atoms with Crippen LogP contribution in [0, 0.1) is 0 Å². The summed E-state index contributed by atoms with van der Waals surface area (Å²) in [6, 6.07) is 2.18. The van der Waals surface area contributed by atoms with Crippen molar-refractivity contribution in [1.82, 2.24) is 0 Å². The number of hydrogen-bond acceptors (Lipinski definition) is 4. The molecule has 1 aromatic rings. The predicted octanol–water partition coefficient (Wildman–Crippen LogP) is 1.53. The van der Waals surface area contributed by atoms with Crippen molar-refractivity contribution >= 4 is 23.5 Å². The molecule has 2 N–H and O–H groups in total. The quantitative estimate of drug-likeness (QED) is 0.753. The number of carboxylic acids is 1. The van der Waals surface area contributed by atoms with Crippen molar-refractivity contribution < 1.29 is 24.5 Å². The molecule has 0 unspecified atom stereocenters. The highest BCUT2D eigenvalue weighted by molar-refractivity contribution is 6.31. The van der Waals surface area contributed by atoms with E-state index in [1.807, 2.05) is 0 Å². The second-order valence-corrected chi connectivity index (χ2v) is 3.08. The van der Waals surface area contributed by atoms with Crippen LogP contribution in [0.3, 0.4) is 0 Å². The number of esters is 1. The molecule has 0 saturated carbocycles. The molecule has 0 bridgehead atoms. The van der Waals surface area contributed by atoms with E-state index in [1.165, 1.54) is 0 Å². The molecule has 1 aromatic carbocycles. The van der Waals surface area contributed by atoms with Gasteiger partial charge in [-0.25, -0.2) is 9.59 Å². The van der Waals surface area contributed by atoms with Gasteiger partial charge in [0.05, 0.1) is 7.11 Å². The SMILES string of the molecule is COC(=O)c1cc(Cl)cc(C(=O)O)c1O. The molecule has 0 aliphatic heterocycles. The number of methoxy groups -OCH3 is 1. The summed E-state index contributed by atoms with van der Waals surface area (Å²) in [5.41, 5.74) is -0.717. The van der Waals surface area contributed by atoms with Gasteiger partial charge in [-0.3, -0.25) is 0 Å². The van der Waals surface area contributed by atoms with Gasteiger partial charge in [-0.05, 0) is 12.1 Å². The number of carboxylic acid groups (broad SMARTS) is 1. The number of hydrogen-bond donors (Lipinski definition) is 2. The van der Waals surface area contributed by atoms with Crippen LogP contribution in [0.25, 0.3) is 0 Å². The second kappa shape index (κ2) is 4.18. The average molecular weight is 231 g/mol. The molecule has 0 heterocycles. The third-order valence-electron chi connectivity index (χ3n) is 1.71. The van der Waals surface area contributed by atoms with Gasteiger partial charge < -0.3 is 14.9 Å². The van der Waals surface area contributed by atoms with E-state index in [0.29, 0.717) is 0 Å². The van der Waals surface area contributed by atoms with Crippen molar-refractivity contribution in [3.8, 4) is 5.75 Å². The van der Waals surface area contributed by atoms with Gasteiger partial charge in [0, 0.05) is 5.02 Å². The minimum absolute atomic E-state index is 0.0330. The summed E-state index contributed by atoms with van der Waals surface area (Å²) in [5, 5.41) is 18.2. The zero-order chi connectivity index (χ0) is 11.6. The van der Waals surface area contributed by atoms with Crippen LogP contribution in [0.1, 0.15) is 20.7 Å². The number of aromatic hydroxyl groups is 1. The Bertz CT molecular complexity index is 427. The highest BCUT2D eigenvalue weighted by Crippen LogP contribution is 2.27. The van der Waals surface area contributed by atoms with E-state index in [2.05, 4.69) is 4.74 Å². The minimum atomic E-state index is -1.37. The topological polar surface area (TPSA) is 83.8 Å². The first-order valence-electron chi connectivity index (χ1n) is 3.81. The highest BCUT2D eigenvalue weighted by atomic mass is 35.5. The first-order chi connectivity index (χ1) is 6.97. The van der Waals surface area contributed by atoms with Crippen LogP contribution >= 0.6 is 11.6 Å². The van der Waals surface area contributed by atoms with Crippen LogP contribution in [0.15, 0.2) is 12.1 Å². The molecule has 0 amide bonds. The smallest absolute Gasteiger partial charge is 0.341 e. The molecule has 0 atom stereocenters. The molecule has 0 spiro atoms. The molecule has 5 nitrogen and oxygen atoms in total. The molecule has 0 saturated heterocycles. The molecule has 0 aromatic heterocycles. The summed E-state index contributed by atoms with van der Waals surface area (Å²) in [5.74, 6) is -2.88. The number of ether oxygens (including phenoxy) is 1. The van der Waals surface area contributed by atoms with Gasteiger partial charge in [0.1, 0.15) is 16.9 Å². The highest BCUT2D eigenvalue weighted by Gasteiger charge is 2.20. The Kier molecular flexibility index (Phi) is 3.16. The zero-order valence-corrected chi connectivity index (χ0v) is 8.41. The van der Waals surface area contributed by atoms with Gasteiger partial charge in [-0.2, -0.15) is 0 Å². The van der Waals surface area contributed by atoms with Crippen molar-refractivity contribution in [2.24, 2.45) is 0 Å². The van der Waals surface area contributed by atoms with Gasteiger partial charge in [0.2, 0.25) is 0 Å². The number of carbonyl (C=O) groups excluding carboxylic acids is 1.